The zero-order valence-corrected chi connectivity index (χ0v) is 17.8. The molecule has 3 N–H and O–H groups in total. The third-order valence-electron chi connectivity index (χ3n) is 5.03. The van der Waals surface area contributed by atoms with Crippen LogP contribution in [0.5, 0.6) is 0 Å². The average molecular weight is 421 g/mol. The summed E-state index contributed by atoms with van der Waals surface area (Å²) in [5, 5.41) is 4.57. The molecule has 150 valence electrons. The fourth-order valence-electron chi connectivity index (χ4n) is 3.33. The van der Waals surface area contributed by atoms with Crippen LogP contribution in [-0.4, -0.2) is 24.4 Å². The molecule has 2 heterocycles. The third-order valence-corrected chi connectivity index (χ3v) is 7.07. The highest BCUT2D eigenvalue weighted by atomic mass is 32.1. The second kappa shape index (κ2) is 8.05. The lowest BCUT2D eigenvalue weighted by atomic mass is 9.72. The molecule has 0 aliphatic heterocycles. The molecule has 0 aromatic carbocycles. The number of carbonyl (C=O) groups is 3. The number of nitrogens with two attached hydrogens (primary N) is 1. The number of anilines is 1. The van der Waals surface area contributed by atoms with Crippen molar-refractivity contribution >= 4 is 45.5 Å². The van der Waals surface area contributed by atoms with Crippen molar-refractivity contribution in [2.75, 3.05) is 11.9 Å². The summed E-state index contributed by atoms with van der Waals surface area (Å²) in [5.41, 5.74) is 6.95. The van der Waals surface area contributed by atoms with Crippen LogP contribution in [0.2, 0.25) is 0 Å². The number of amides is 2. The summed E-state index contributed by atoms with van der Waals surface area (Å²) >= 11 is 2.64. The Bertz CT molecular complexity index is 908. The van der Waals surface area contributed by atoms with E-state index in [0.717, 1.165) is 19.3 Å². The molecule has 1 atom stereocenters. The molecule has 0 saturated carbocycles. The Kier molecular flexibility index (Phi) is 5.90. The van der Waals surface area contributed by atoms with Crippen LogP contribution in [0, 0.1) is 11.3 Å². The van der Waals surface area contributed by atoms with E-state index in [2.05, 4.69) is 26.1 Å². The average Bonchev–Trinajstić information content (AvgIpc) is 3.24. The van der Waals surface area contributed by atoms with Crippen molar-refractivity contribution in [2.45, 2.75) is 40.0 Å². The second-order valence-electron chi connectivity index (χ2n) is 8.02. The van der Waals surface area contributed by atoms with Gasteiger partial charge < -0.3 is 15.8 Å². The summed E-state index contributed by atoms with van der Waals surface area (Å²) in [7, 11) is 0. The number of ether oxygens (including phenoxy) is 1. The number of thiophene rings is 2. The van der Waals surface area contributed by atoms with Gasteiger partial charge in [-0.05, 0) is 53.7 Å². The molecule has 28 heavy (non-hydrogen) atoms. The topological polar surface area (TPSA) is 98.5 Å². The molecule has 6 nitrogen and oxygen atoms in total. The molecule has 0 unspecified atom stereocenters. The van der Waals surface area contributed by atoms with E-state index in [1.54, 1.807) is 5.38 Å². The van der Waals surface area contributed by atoms with E-state index < -0.39 is 24.4 Å². The third kappa shape index (κ3) is 4.62. The molecule has 2 aromatic rings. The number of fused-ring (bicyclic) bond motifs is 1. The monoisotopic (exact) mass is 420 g/mol. The summed E-state index contributed by atoms with van der Waals surface area (Å²) in [6, 6.07) is 3.44. The first kappa shape index (κ1) is 20.5. The van der Waals surface area contributed by atoms with Gasteiger partial charge in [0.1, 0.15) is 9.88 Å². The van der Waals surface area contributed by atoms with Gasteiger partial charge in [-0.25, -0.2) is 4.79 Å². The normalized spacial score (nSPS) is 16.3. The van der Waals surface area contributed by atoms with Gasteiger partial charge in [-0.2, -0.15) is 0 Å². The first-order valence-electron chi connectivity index (χ1n) is 9.11. The van der Waals surface area contributed by atoms with Crippen LogP contribution in [0.25, 0.3) is 0 Å². The van der Waals surface area contributed by atoms with Crippen molar-refractivity contribution in [3.05, 3.63) is 38.4 Å². The largest absolute Gasteiger partial charge is 0.451 e. The van der Waals surface area contributed by atoms with Crippen molar-refractivity contribution < 1.29 is 19.1 Å². The molecule has 0 fully saturated rings. The maximum atomic E-state index is 12.4. The number of esters is 1. The summed E-state index contributed by atoms with van der Waals surface area (Å²) in [6.07, 6.45) is 3.07. The van der Waals surface area contributed by atoms with Crippen LogP contribution < -0.4 is 11.1 Å². The first-order chi connectivity index (χ1) is 13.1. The van der Waals surface area contributed by atoms with E-state index in [1.165, 1.54) is 39.2 Å². The Balaban J connectivity index is 1.57. The number of rotatable bonds is 5. The van der Waals surface area contributed by atoms with E-state index in [0.29, 0.717) is 15.8 Å². The molecule has 0 spiro atoms. The molecule has 2 aromatic heterocycles. The molecule has 0 bridgehead atoms. The van der Waals surface area contributed by atoms with Crippen molar-refractivity contribution in [1.29, 1.82) is 0 Å². The fourth-order valence-corrected chi connectivity index (χ4v) is 5.24. The van der Waals surface area contributed by atoms with Gasteiger partial charge in [0.25, 0.3) is 11.8 Å². The van der Waals surface area contributed by atoms with Crippen LogP contribution in [0.15, 0.2) is 17.5 Å². The van der Waals surface area contributed by atoms with Crippen LogP contribution >= 0.6 is 22.7 Å². The minimum atomic E-state index is -0.619. The molecular weight excluding hydrogens is 396 g/mol. The van der Waals surface area contributed by atoms with E-state index >= 15 is 0 Å². The molecule has 1 aliphatic carbocycles. The van der Waals surface area contributed by atoms with E-state index in [9.17, 15) is 14.4 Å². The Morgan fingerprint density at radius 3 is 2.75 bits per heavy atom. The highest BCUT2D eigenvalue weighted by Gasteiger charge is 2.30. The lowest BCUT2D eigenvalue weighted by molar-refractivity contribution is -0.119. The van der Waals surface area contributed by atoms with Crippen molar-refractivity contribution in [3.63, 3.8) is 0 Å². The maximum Gasteiger partial charge on any atom is 0.348 e. The van der Waals surface area contributed by atoms with E-state index in [-0.39, 0.29) is 11.0 Å². The Morgan fingerprint density at radius 1 is 1.32 bits per heavy atom. The summed E-state index contributed by atoms with van der Waals surface area (Å²) in [6.45, 7) is 6.34. The number of nitrogens with one attached hydrogen (secondary N) is 1. The molecule has 8 heteroatoms. The lowest BCUT2D eigenvalue weighted by Crippen LogP contribution is -2.26. The van der Waals surface area contributed by atoms with Gasteiger partial charge in [-0.15, -0.1) is 22.7 Å². The number of carbonyl (C=O) groups excluding carboxylic acids is 3. The minimum absolute atomic E-state index is 0.240. The van der Waals surface area contributed by atoms with Crippen molar-refractivity contribution in [3.8, 4) is 0 Å². The molecule has 0 radical (unpaired) electrons. The smallest absolute Gasteiger partial charge is 0.348 e. The van der Waals surface area contributed by atoms with Crippen molar-refractivity contribution in [1.82, 2.24) is 0 Å². The molecular formula is C20H24N2O4S2. The number of primary amides is 1. The zero-order chi connectivity index (χ0) is 20.5. The fraction of sp³-hybridized carbons (Fsp3) is 0.450. The number of aryl methyl sites for hydroxylation is 1. The summed E-state index contributed by atoms with van der Waals surface area (Å²) in [4.78, 5) is 37.5. The minimum Gasteiger partial charge on any atom is -0.451 e. The summed E-state index contributed by atoms with van der Waals surface area (Å²) in [5.74, 6) is -1.03. The molecule has 0 saturated heterocycles. The van der Waals surface area contributed by atoms with Crippen molar-refractivity contribution in [2.24, 2.45) is 17.1 Å². The van der Waals surface area contributed by atoms with E-state index in [1.807, 2.05) is 6.07 Å². The standard InChI is InChI=1S/C20H24N2O4S2/c1-20(2,3)12-4-5-14-11(8-12)9-15(28-14)19(25)26-10-16(23)22-18-13(17(21)24)6-7-27-18/h6-7,9,12H,4-5,8,10H2,1-3H3,(H2,21,24)(H,22,23)/t12-/m0/s1. The quantitative estimate of drug-likeness (QED) is 0.718. The van der Waals surface area contributed by atoms with Crippen LogP contribution in [0.3, 0.4) is 0 Å². The number of hydrogen-bond donors (Lipinski definition) is 2. The Hall–Kier alpha value is -2.19. The van der Waals surface area contributed by atoms with Crippen LogP contribution in [0.4, 0.5) is 5.00 Å². The van der Waals surface area contributed by atoms with Gasteiger partial charge in [0.05, 0.1) is 5.56 Å². The van der Waals surface area contributed by atoms with Gasteiger partial charge in [-0.1, -0.05) is 20.8 Å². The second-order valence-corrected chi connectivity index (χ2v) is 10.1. The SMILES string of the molecule is CC(C)(C)[C@H]1CCc2sc(C(=O)OCC(=O)Nc3sccc3C(N)=O)cc2C1. The highest BCUT2D eigenvalue weighted by molar-refractivity contribution is 7.15. The van der Waals surface area contributed by atoms with Crippen LogP contribution in [0.1, 0.15) is 57.7 Å². The molecule has 1 aliphatic rings. The molecule has 2 amide bonds. The van der Waals surface area contributed by atoms with Gasteiger partial charge in [-0.3, -0.25) is 9.59 Å². The van der Waals surface area contributed by atoms with Gasteiger partial charge in [0.15, 0.2) is 6.61 Å². The highest BCUT2D eigenvalue weighted by Crippen LogP contribution is 2.40. The van der Waals surface area contributed by atoms with Gasteiger partial charge in [0.2, 0.25) is 0 Å². The van der Waals surface area contributed by atoms with Gasteiger partial charge >= 0.3 is 5.97 Å². The predicted molar refractivity (Wildman–Crippen MR) is 111 cm³/mol. The Labute approximate surface area is 172 Å². The summed E-state index contributed by atoms with van der Waals surface area (Å²) < 4.78 is 5.16. The van der Waals surface area contributed by atoms with Crippen LogP contribution in [-0.2, 0) is 22.4 Å². The van der Waals surface area contributed by atoms with E-state index in [4.69, 9.17) is 10.5 Å². The lowest BCUT2D eigenvalue weighted by Gasteiger charge is -2.33. The molecule has 3 rings (SSSR count). The predicted octanol–water partition coefficient (Wildman–Crippen LogP) is 3.86. The van der Waals surface area contributed by atoms with Gasteiger partial charge in [0, 0.05) is 4.88 Å². The zero-order valence-electron chi connectivity index (χ0n) is 16.2. The first-order valence-corrected chi connectivity index (χ1v) is 10.8. The maximum absolute atomic E-state index is 12.4. The Morgan fingerprint density at radius 2 is 2.07 bits per heavy atom. The number of hydrogen-bond acceptors (Lipinski definition) is 6.